The average Bonchev–Trinajstić information content (AvgIpc) is 2.73. The average molecular weight is 458 g/mol. The number of ketones is 1. The summed E-state index contributed by atoms with van der Waals surface area (Å²) in [6.07, 6.45) is 3.50. The van der Waals surface area contributed by atoms with Crippen LogP contribution in [0.5, 0.6) is 11.5 Å². The van der Waals surface area contributed by atoms with Crippen molar-refractivity contribution in [3.8, 4) is 11.5 Å². The number of rotatable bonds is 6. The maximum Gasteiger partial charge on any atom is 0.412 e. The monoisotopic (exact) mass is 457 g/mol. The van der Waals surface area contributed by atoms with Gasteiger partial charge in [-0.15, -0.1) is 0 Å². The third kappa shape index (κ3) is 4.90. The number of allylic oxidation sites excluding steroid dienone is 1. The molecule has 0 saturated heterocycles. The number of Topliss-reactive ketones (excluding diaryl/α,β-unsaturated/α-hetero) is 1. The molecule has 0 spiro atoms. The van der Waals surface area contributed by atoms with Crippen molar-refractivity contribution in [3.05, 3.63) is 36.1 Å². The molecule has 0 aliphatic heterocycles. The second kappa shape index (κ2) is 9.40. The normalized spacial score (nSPS) is 30.5. The molecule has 1 aromatic carbocycles. The number of hydrogen-bond donors (Lipinski definition) is 1. The Hall–Kier alpha value is -2.50. The zero-order valence-corrected chi connectivity index (χ0v) is 21.1. The van der Waals surface area contributed by atoms with Crippen LogP contribution in [0.15, 0.2) is 30.5 Å². The highest BCUT2D eigenvalue weighted by Gasteiger charge is 2.58. The van der Waals surface area contributed by atoms with E-state index >= 15 is 0 Å². The van der Waals surface area contributed by atoms with Gasteiger partial charge in [-0.05, 0) is 61.0 Å². The zero-order valence-electron chi connectivity index (χ0n) is 21.1. The van der Waals surface area contributed by atoms with Crippen LogP contribution < -0.4 is 14.8 Å². The summed E-state index contributed by atoms with van der Waals surface area (Å²) in [5, 5.41) is 3.05. The fourth-order valence-electron chi connectivity index (χ4n) is 6.62. The molecule has 3 rings (SSSR count). The Morgan fingerprint density at radius 1 is 1.06 bits per heavy atom. The van der Waals surface area contributed by atoms with Gasteiger partial charge in [-0.3, -0.25) is 4.79 Å². The highest BCUT2D eigenvalue weighted by atomic mass is 16.6. The molecule has 2 aliphatic carbocycles. The second-order valence-electron chi connectivity index (χ2n) is 10.8. The van der Waals surface area contributed by atoms with Gasteiger partial charge in [-0.1, -0.05) is 40.7 Å². The quantitative estimate of drug-likeness (QED) is 0.419. The van der Waals surface area contributed by atoms with E-state index in [4.69, 9.17) is 14.2 Å². The number of fused-ring (bicyclic) bond motifs is 1. The largest absolute Gasteiger partial charge is 0.497 e. The molecule has 5 unspecified atom stereocenters. The number of carbonyl (C=O) groups excluding carboxylic acids is 2. The van der Waals surface area contributed by atoms with Crippen LogP contribution in [0.1, 0.15) is 70.7 Å². The van der Waals surface area contributed by atoms with E-state index in [0.29, 0.717) is 22.8 Å². The third-order valence-corrected chi connectivity index (χ3v) is 8.13. The highest BCUT2D eigenvalue weighted by Crippen LogP contribution is 2.61. The molecule has 33 heavy (non-hydrogen) atoms. The predicted octanol–water partition coefficient (Wildman–Crippen LogP) is 6.00. The number of benzene rings is 1. The van der Waals surface area contributed by atoms with Gasteiger partial charge in [0.15, 0.2) is 5.78 Å². The first-order valence-electron chi connectivity index (χ1n) is 11.8. The molecule has 2 saturated carbocycles. The molecule has 2 fully saturated rings. The van der Waals surface area contributed by atoms with Crippen molar-refractivity contribution >= 4 is 11.9 Å². The molecule has 1 N–H and O–H groups in total. The van der Waals surface area contributed by atoms with Gasteiger partial charge in [-0.2, -0.15) is 0 Å². The first-order valence-corrected chi connectivity index (χ1v) is 11.8. The number of hydrogen-bond acceptors (Lipinski definition) is 5. The van der Waals surface area contributed by atoms with E-state index in [-0.39, 0.29) is 40.4 Å². The minimum Gasteiger partial charge on any atom is -0.497 e. The van der Waals surface area contributed by atoms with Crippen LogP contribution >= 0.6 is 0 Å². The maximum absolute atomic E-state index is 14.2. The summed E-state index contributed by atoms with van der Waals surface area (Å²) in [4.78, 5) is 26.6. The van der Waals surface area contributed by atoms with Crippen molar-refractivity contribution in [2.24, 2.45) is 28.6 Å². The Labute approximate surface area is 198 Å². The van der Waals surface area contributed by atoms with Crippen molar-refractivity contribution in [2.75, 3.05) is 14.2 Å². The lowest BCUT2D eigenvalue weighted by atomic mass is 9.45. The van der Waals surface area contributed by atoms with E-state index in [2.05, 4.69) is 39.6 Å². The minimum absolute atomic E-state index is 0.0654. The van der Waals surface area contributed by atoms with Gasteiger partial charge in [0.05, 0.1) is 20.0 Å². The Kier molecular flexibility index (Phi) is 7.15. The van der Waals surface area contributed by atoms with E-state index in [1.807, 2.05) is 0 Å². The van der Waals surface area contributed by atoms with Gasteiger partial charge >= 0.3 is 6.09 Å². The number of amides is 1. The molecule has 182 valence electrons. The Balaban J connectivity index is 2.04. The molecule has 6 heteroatoms. The number of carbonyl (C=O) groups is 2. The summed E-state index contributed by atoms with van der Waals surface area (Å²) in [7, 11) is 3.17. The van der Waals surface area contributed by atoms with E-state index in [0.717, 1.165) is 25.7 Å². The second-order valence-corrected chi connectivity index (χ2v) is 10.8. The van der Waals surface area contributed by atoms with Gasteiger partial charge in [-0.25, -0.2) is 4.79 Å². The summed E-state index contributed by atoms with van der Waals surface area (Å²) in [6, 6.07) is 5.17. The van der Waals surface area contributed by atoms with E-state index in [1.165, 1.54) is 0 Å². The van der Waals surface area contributed by atoms with E-state index < -0.39 is 6.09 Å². The Morgan fingerprint density at radius 3 is 2.21 bits per heavy atom. The van der Waals surface area contributed by atoms with E-state index in [1.54, 1.807) is 39.3 Å². The van der Waals surface area contributed by atoms with Gasteiger partial charge in [0.1, 0.15) is 11.5 Å². The Morgan fingerprint density at radius 2 is 1.67 bits per heavy atom. The van der Waals surface area contributed by atoms with Crippen LogP contribution in [-0.2, 0) is 4.74 Å². The van der Waals surface area contributed by atoms with Crippen LogP contribution in [0.2, 0.25) is 0 Å². The summed E-state index contributed by atoms with van der Waals surface area (Å²) in [5.41, 5.74) is 0.470. The molecular weight excluding hydrogens is 418 g/mol. The summed E-state index contributed by atoms with van der Waals surface area (Å²) < 4.78 is 16.0. The lowest BCUT2D eigenvalue weighted by molar-refractivity contribution is -0.0906. The fourth-order valence-corrected chi connectivity index (χ4v) is 6.62. The van der Waals surface area contributed by atoms with Crippen molar-refractivity contribution in [3.63, 3.8) is 0 Å². The molecule has 0 heterocycles. The molecule has 5 atom stereocenters. The van der Waals surface area contributed by atoms with Gasteiger partial charge in [0, 0.05) is 23.6 Å². The minimum atomic E-state index is -0.509. The SMILES string of the molecule is C=C(C)OC(=O)NC1CC2C(C)(C)CCCC2(C)C(C(=O)c2cc(OC)cc(OC)c2)C1C. The molecule has 0 bridgehead atoms. The predicted molar refractivity (Wildman–Crippen MR) is 129 cm³/mol. The van der Waals surface area contributed by atoms with Crippen molar-refractivity contribution in [2.45, 2.75) is 66.3 Å². The molecular formula is C27H39NO5. The first-order chi connectivity index (χ1) is 15.4. The van der Waals surface area contributed by atoms with Crippen LogP contribution in [-0.4, -0.2) is 32.1 Å². The zero-order chi connectivity index (χ0) is 24.6. The van der Waals surface area contributed by atoms with Crippen LogP contribution in [0.3, 0.4) is 0 Å². The molecule has 6 nitrogen and oxygen atoms in total. The smallest absolute Gasteiger partial charge is 0.412 e. The van der Waals surface area contributed by atoms with Crippen molar-refractivity contribution in [1.29, 1.82) is 0 Å². The maximum atomic E-state index is 14.2. The molecule has 0 radical (unpaired) electrons. The third-order valence-electron chi connectivity index (χ3n) is 8.13. The van der Waals surface area contributed by atoms with Gasteiger partial charge < -0.3 is 19.5 Å². The van der Waals surface area contributed by atoms with Crippen molar-refractivity contribution in [1.82, 2.24) is 5.32 Å². The van der Waals surface area contributed by atoms with Crippen LogP contribution in [0, 0.1) is 28.6 Å². The standard InChI is InChI=1S/C27H39NO5/c1-16(2)33-25(30)28-21-15-22-26(4,5)10-9-11-27(22,6)23(17(21)3)24(29)18-12-19(31-7)14-20(13-18)32-8/h12-14,17,21-23H,1,9-11,15H2,2-8H3,(H,28,30). The van der Waals surface area contributed by atoms with Crippen LogP contribution in [0.4, 0.5) is 4.79 Å². The van der Waals surface area contributed by atoms with E-state index in [9.17, 15) is 9.59 Å². The lowest BCUT2D eigenvalue weighted by Gasteiger charge is -2.60. The summed E-state index contributed by atoms with van der Waals surface area (Å²) in [6.45, 7) is 14.3. The Bertz CT molecular complexity index is 901. The van der Waals surface area contributed by atoms with Gasteiger partial charge in [0.2, 0.25) is 0 Å². The molecule has 1 aromatic rings. The lowest BCUT2D eigenvalue weighted by Crippen LogP contribution is -2.60. The van der Waals surface area contributed by atoms with Gasteiger partial charge in [0.25, 0.3) is 0 Å². The van der Waals surface area contributed by atoms with Crippen molar-refractivity contribution < 1.29 is 23.8 Å². The number of methoxy groups -OCH3 is 2. The van der Waals surface area contributed by atoms with Crippen LogP contribution in [0.25, 0.3) is 0 Å². The molecule has 2 aliphatic rings. The highest BCUT2D eigenvalue weighted by molar-refractivity contribution is 5.99. The summed E-state index contributed by atoms with van der Waals surface area (Å²) >= 11 is 0. The fraction of sp³-hybridized carbons (Fsp3) is 0.630. The first kappa shape index (κ1) is 25.1. The number of ether oxygens (including phenoxy) is 3. The number of nitrogens with one attached hydrogen (secondary N) is 1. The summed E-state index contributed by atoms with van der Waals surface area (Å²) in [5.74, 6) is 1.55. The molecule has 0 aromatic heterocycles. The molecule has 1 amide bonds. The number of alkyl carbamates (subject to hydrolysis) is 1. The topological polar surface area (TPSA) is 73.9 Å².